The summed E-state index contributed by atoms with van der Waals surface area (Å²) in [5.74, 6) is 0.136. The molecule has 114 valence electrons. The highest BCUT2D eigenvalue weighted by atomic mass is 35.5. The van der Waals surface area contributed by atoms with Crippen molar-refractivity contribution in [3.8, 4) is 0 Å². The van der Waals surface area contributed by atoms with Crippen LogP contribution in [0.3, 0.4) is 0 Å². The molecule has 0 bridgehead atoms. The van der Waals surface area contributed by atoms with Gasteiger partial charge in [-0.3, -0.25) is 19.9 Å². The van der Waals surface area contributed by atoms with Gasteiger partial charge in [0.25, 0.3) is 0 Å². The first-order chi connectivity index (χ1) is 10.0. The van der Waals surface area contributed by atoms with Crippen molar-refractivity contribution in [3.05, 3.63) is 28.6 Å². The van der Waals surface area contributed by atoms with Gasteiger partial charge in [-0.15, -0.1) is 11.6 Å². The molecule has 2 rings (SSSR count). The third kappa shape index (κ3) is 3.41. The molecule has 2 heterocycles. The van der Waals surface area contributed by atoms with Crippen molar-refractivity contribution in [1.29, 1.82) is 0 Å². The van der Waals surface area contributed by atoms with E-state index in [1.807, 2.05) is 4.90 Å². The molecule has 21 heavy (non-hydrogen) atoms. The average Bonchev–Trinajstić information content (AvgIpc) is 2.53. The van der Waals surface area contributed by atoms with E-state index in [1.54, 1.807) is 17.9 Å². The fraction of sp³-hybridized carbons (Fsp3) is 0.538. The molecule has 1 aliphatic heterocycles. The second-order valence-electron chi connectivity index (χ2n) is 4.99. The Bertz CT molecular complexity index is 532. The Morgan fingerprint density at radius 2 is 2.14 bits per heavy atom. The molecule has 8 heteroatoms. The lowest BCUT2D eigenvalue weighted by Gasteiger charge is -2.36. The molecule has 0 N–H and O–H groups in total. The van der Waals surface area contributed by atoms with Crippen molar-refractivity contribution >= 4 is 28.9 Å². The predicted molar refractivity (Wildman–Crippen MR) is 79.6 cm³/mol. The first-order valence-corrected chi connectivity index (χ1v) is 7.26. The van der Waals surface area contributed by atoms with Crippen molar-refractivity contribution in [2.75, 3.05) is 37.0 Å². The molecule has 1 fully saturated rings. The van der Waals surface area contributed by atoms with Crippen LogP contribution in [-0.4, -0.2) is 52.8 Å². The van der Waals surface area contributed by atoms with Gasteiger partial charge in [-0.1, -0.05) is 6.92 Å². The summed E-state index contributed by atoms with van der Waals surface area (Å²) in [6.45, 7) is 4.01. The molecular formula is C13H17ClN4O3. The summed E-state index contributed by atoms with van der Waals surface area (Å²) in [6.07, 6.45) is 2.79. The third-order valence-corrected chi connectivity index (χ3v) is 4.02. The maximum absolute atomic E-state index is 12.1. The lowest BCUT2D eigenvalue weighted by atomic mass is 10.1. The van der Waals surface area contributed by atoms with E-state index in [9.17, 15) is 14.9 Å². The van der Waals surface area contributed by atoms with Crippen molar-refractivity contribution in [1.82, 2.24) is 9.88 Å². The standard InChI is InChI=1S/C13H17ClN4O3/c1-10(8-14)13(19)17-6-4-16(5-7-17)11-2-3-15-9-12(11)18(20)21/h2-3,9-10H,4-8H2,1H3. The Morgan fingerprint density at radius 3 is 2.71 bits per heavy atom. The topological polar surface area (TPSA) is 79.6 Å². The Kier molecular flexibility index (Phi) is 4.95. The van der Waals surface area contributed by atoms with Crippen LogP contribution in [0.5, 0.6) is 0 Å². The minimum atomic E-state index is -0.435. The molecule has 1 aromatic rings. The van der Waals surface area contributed by atoms with Crippen LogP contribution in [0.2, 0.25) is 0 Å². The van der Waals surface area contributed by atoms with E-state index < -0.39 is 4.92 Å². The number of alkyl halides is 1. The zero-order chi connectivity index (χ0) is 15.4. The second-order valence-corrected chi connectivity index (χ2v) is 5.30. The molecule has 0 radical (unpaired) electrons. The molecule has 0 aromatic carbocycles. The van der Waals surface area contributed by atoms with E-state index in [1.165, 1.54) is 12.4 Å². The molecular weight excluding hydrogens is 296 g/mol. The number of carbonyl (C=O) groups excluding carboxylic acids is 1. The monoisotopic (exact) mass is 312 g/mol. The summed E-state index contributed by atoms with van der Waals surface area (Å²) < 4.78 is 0. The number of hydrogen-bond donors (Lipinski definition) is 0. The van der Waals surface area contributed by atoms with Crippen LogP contribution in [0.25, 0.3) is 0 Å². The number of piperazine rings is 1. The van der Waals surface area contributed by atoms with Gasteiger partial charge in [0.1, 0.15) is 11.9 Å². The molecule has 1 aliphatic rings. The second kappa shape index (κ2) is 6.71. The number of nitro groups is 1. The summed E-state index contributed by atoms with van der Waals surface area (Å²) in [4.78, 5) is 30.1. The zero-order valence-corrected chi connectivity index (χ0v) is 12.5. The van der Waals surface area contributed by atoms with Gasteiger partial charge in [0.15, 0.2) is 0 Å². The molecule has 0 spiro atoms. The Morgan fingerprint density at radius 1 is 1.48 bits per heavy atom. The molecule has 1 atom stereocenters. The van der Waals surface area contributed by atoms with Crippen LogP contribution in [0, 0.1) is 16.0 Å². The van der Waals surface area contributed by atoms with Gasteiger partial charge in [0, 0.05) is 44.2 Å². The van der Waals surface area contributed by atoms with Gasteiger partial charge < -0.3 is 9.80 Å². The van der Waals surface area contributed by atoms with Crippen LogP contribution >= 0.6 is 11.6 Å². The SMILES string of the molecule is CC(CCl)C(=O)N1CCN(c2ccncc2[N+](=O)[O-])CC1. The van der Waals surface area contributed by atoms with Gasteiger partial charge in [-0.25, -0.2) is 0 Å². The van der Waals surface area contributed by atoms with Crippen molar-refractivity contribution in [2.45, 2.75) is 6.92 Å². The Labute approximate surface area is 127 Å². The number of carbonyl (C=O) groups is 1. The van der Waals surface area contributed by atoms with Crippen molar-refractivity contribution in [3.63, 3.8) is 0 Å². The maximum Gasteiger partial charge on any atom is 0.310 e. The predicted octanol–water partition coefficient (Wildman–Crippen LogP) is 1.51. The van der Waals surface area contributed by atoms with E-state index in [4.69, 9.17) is 11.6 Å². The number of amides is 1. The normalized spacial score (nSPS) is 16.7. The highest BCUT2D eigenvalue weighted by Gasteiger charge is 2.27. The van der Waals surface area contributed by atoms with E-state index in [-0.39, 0.29) is 17.5 Å². The van der Waals surface area contributed by atoms with E-state index in [0.717, 1.165) is 0 Å². The van der Waals surface area contributed by atoms with E-state index in [0.29, 0.717) is 37.7 Å². The van der Waals surface area contributed by atoms with Gasteiger partial charge in [0.2, 0.25) is 5.91 Å². The Balaban J connectivity index is 2.05. The van der Waals surface area contributed by atoms with Crippen LogP contribution in [0.15, 0.2) is 18.5 Å². The van der Waals surface area contributed by atoms with Crippen molar-refractivity contribution < 1.29 is 9.72 Å². The highest BCUT2D eigenvalue weighted by molar-refractivity contribution is 6.19. The Hall–Kier alpha value is -1.89. The number of pyridine rings is 1. The summed E-state index contributed by atoms with van der Waals surface area (Å²) in [5.41, 5.74) is 0.541. The number of halogens is 1. The molecule has 1 aromatic heterocycles. The van der Waals surface area contributed by atoms with Gasteiger partial charge in [-0.2, -0.15) is 0 Å². The maximum atomic E-state index is 12.1. The zero-order valence-electron chi connectivity index (χ0n) is 11.7. The van der Waals surface area contributed by atoms with Crippen LogP contribution in [0.1, 0.15) is 6.92 Å². The number of rotatable bonds is 4. The van der Waals surface area contributed by atoms with E-state index >= 15 is 0 Å². The summed E-state index contributed by atoms with van der Waals surface area (Å²) in [5, 5.41) is 11.0. The minimum Gasteiger partial charge on any atom is -0.362 e. The molecule has 1 saturated heterocycles. The minimum absolute atomic E-state index is 0.00796. The highest BCUT2D eigenvalue weighted by Crippen LogP contribution is 2.27. The molecule has 1 unspecified atom stereocenters. The lowest BCUT2D eigenvalue weighted by molar-refractivity contribution is -0.384. The van der Waals surface area contributed by atoms with Crippen molar-refractivity contribution in [2.24, 2.45) is 5.92 Å². The smallest absolute Gasteiger partial charge is 0.310 e. The fourth-order valence-electron chi connectivity index (χ4n) is 2.33. The van der Waals surface area contributed by atoms with Gasteiger partial charge in [-0.05, 0) is 6.07 Å². The molecule has 1 amide bonds. The fourth-order valence-corrected chi connectivity index (χ4v) is 2.46. The van der Waals surface area contributed by atoms with Crippen LogP contribution < -0.4 is 4.90 Å². The summed E-state index contributed by atoms with van der Waals surface area (Å²) >= 11 is 5.71. The lowest BCUT2D eigenvalue weighted by Crippen LogP contribution is -2.50. The van der Waals surface area contributed by atoms with E-state index in [2.05, 4.69) is 4.98 Å². The summed E-state index contributed by atoms with van der Waals surface area (Å²) in [7, 11) is 0. The number of anilines is 1. The number of hydrogen-bond acceptors (Lipinski definition) is 5. The average molecular weight is 313 g/mol. The molecule has 7 nitrogen and oxygen atoms in total. The number of aromatic nitrogens is 1. The van der Waals surface area contributed by atoms with Gasteiger partial charge in [0.05, 0.1) is 4.92 Å². The number of nitrogens with zero attached hydrogens (tertiary/aromatic N) is 4. The largest absolute Gasteiger partial charge is 0.362 e. The molecule has 0 aliphatic carbocycles. The first kappa shape index (κ1) is 15.5. The third-order valence-electron chi connectivity index (χ3n) is 3.56. The van der Waals surface area contributed by atoms with Crippen LogP contribution in [0.4, 0.5) is 11.4 Å². The van der Waals surface area contributed by atoms with Gasteiger partial charge >= 0.3 is 5.69 Å². The quantitative estimate of drug-likeness (QED) is 0.478. The molecule has 0 saturated carbocycles. The summed E-state index contributed by atoms with van der Waals surface area (Å²) in [6, 6.07) is 1.64. The van der Waals surface area contributed by atoms with Crippen LogP contribution in [-0.2, 0) is 4.79 Å². The first-order valence-electron chi connectivity index (χ1n) is 6.72.